The Morgan fingerprint density at radius 1 is 1.09 bits per heavy atom. The second-order valence-electron chi connectivity index (χ2n) is 8.96. The highest BCUT2D eigenvalue weighted by atomic mass is 35.5. The van der Waals surface area contributed by atoms with Crippen molar-refractivity contribution >= 4 is 17.4 Å². The number of aromatic nitrogens is 3. The fraction of sp³-hybridized carbons (Fsp3) is 0.400. The SMILES string of the molecule is O=c1[nH]c(N2CCC(NC3CCCC3)C2)ccc1-n1ccc(OCc2ccc(Cl)cn2)cc1=O. The Morgan fingerprint density at radius 2 is 1.94 bits per heavy atom. The average Bonchev–Trinajstić information content (AvgIpc) is 3.52. The van der Waals surface area contributed by atoms with Gasteiger partial charge in [0.2, 0.25) is 0 Å². The topological polar surface area (TPSA) is 92.2 Å². The highest BCUT2D eigenvalue weighted by molar-refractivity contribution is 6.30. The lowest BCUT2D eigenvalue weighted by Crippen LogP contribution is -2.39. The van der Waals surface area contributed by atoms with Gasteiger partial charge in [0.05, 0.1) is 10.7 Å². The molecule has 9 heteroatoms. The summed E-state index contributed by atoms with van der Waals surface area (Å²) in [4.78, 5) is 34.8. The minimum Gasteiger partial charge on any atom is -0.487 e. The molecule has 2 fully saturated rings. The number of hydrogen-bond donors (Lipinski definition) is 2. The first kappa shape index (κ1) is 22.7. The second-order valence-corrected chi connectivity index (χ2v) is 9.40. The molecular formula is C25H28ClN5O3. The predicted octanol–water partition coefficient (Wildman–Crippen LogP) is 3.26. The van der Waals surface area contributed by atoms with Crippen LogP contribution in [0.3, 0.4) is 0 Å². The molecule has 0 radical (unpaired) electrons. The zero-order valence-corrected chi connectivity index (χ0v) is 19.6. The minimum atomic E-state index is -0.346. The number of nitrogens with one attached hydrogen (secondary N) is 2. The number of anilines is 1. The largest absolute Gasteiger partial charge is 0.487 e. The highest BCUT2D eigenvalue weighted by Gasteiger charge is 2.26. The Labute approximate surface area is 202 Å². The van der Waals surface area contributed by atoms with Crippen molar-refractivity contribution in [1.82, 2.24) is 19.9 Å². The van der Waals surface area contributed by atoms with Crippen LogP contribution in [0.15, 0.2) is 58.4 Å². The molecule has 0 spiro atoms. The van der Waals surface area contributed by atoms with Gasteiger partial charge in [0.1, 0.15) is 23.9 Å². The zero-order valence-electron chi connectivity index (χ0n) is 18.9. The first-order chi connectivity index (χ1) is 16.5. The van der Waals surface area contributed by atoms with Crippen LogP contribution < -0.4 is 26.1 Å². The predicted molar refractivity (Wildman–Crippen MR) is 132 cm³/mol. The third-order valence-electron chi connectivity index (χ3n) is 6.55. The molecule has 2 aliphatic rings. The molecule has 3 aromatic heterocycles. The number of H-pyrrole nitrogens is 1. The van der Waals surface area contributed by atoms with Crippen molar-refractivity contribution in [2.75, 3.05) is 18.0 Å². The van der Waals surface area contributed by atoms with Crippen LogP contribution in [0.1, 0.15) is 37.8 Å². The first-order valence-corrected chi connectivity index (χ1v) is 12.1. The molecule has 1 atom stereocenters. The van der Waals surface area contributed by atoms with Gasteiger partial charge in [0, 0.05) is 43.6 Å². The Balaban J connectivity index is 1.24. The molecule has 3 aromatic rings. The number of rotatable bonds is 7. The van der Waals surface area contributed by atoms with E-state index in [1.807, 2.05) is 6.07 Å². The van der Waals surface area contributed by atoms with Gasteiger partial charge in [0.15, 0.2) is 0 Å². The van der Waals surface area contributed by atoms with Gasteiger partial charge < -0.3 is 19.9 Å². The number of pyridine rings is 3. The van der Waals surface area contributed by atoms with Crippen LogP contribution in [0.25, 0.3) is 5.69 Å². The van der Waals surface area contributed by atoms with Crippen LogP contribution in [0.4, 0.5) is 5.82 Å². The second kappa shape index (κ2) is 10.0. The summed E-state index contributed by atoms with van der Waals surface area (Å²) < 4.78 is 6.98. The Morgan fingerprint density at radius 3 is 2.68 bits per heavy atom. The van der Waals surface area contributed by atoms with E-state index in [0.29, 0.717) is 28.5 Å². The van der Waals surface area contributed by atoms with E-state index in [-0.39, 0.29) is 23.4 Å². The summed E-state index contributed by atoms with van der Waals surface area (Å²) in [5, 5.41) is 4.31. The standard InChI is InChI=1S/C25H28ClN5O3/c26-17-5-6-20(27-14-17)16-34-21-10-12-31(24(32)13-21)22-7-8-23(29-25(22)33)30-11-9-19(15-30)28-18-3-1-2-4-18/h5-8,10,12-14,18-19,28H,1-4,9,11,15-16H2,(H,29,33). The molecule has 2 N–H and O–H groups in total. The van der Waals surface area contributed by atoms with Crippen molar-refractivity contribution < 1.29 is 4.74 Å². The fourth-order valence-electron chi connectivity index (χ4n) is 4.77. The lowest BCUT2D eigenvalue weighted by molar-refractivity contribution is 0.300. The summed E-state index contributed by atoms with van der Waals surface area (Å²) in [6.45, 7) is 1.98. The van der Waals surface area contributed by atoms with E-state index >= 15 is 0 Å². The van der Waals surface area contributed by atoms with Crippen molar-refractivity contribution in [3.63, 3.8) is 0 Å². The van der Waals surface area contributed by atoms with E-state index in [1.165, 1.54) is 36.3 Å². The van der Waals surface area contributed by atoms with Gasteiger partial charge in [-0.05, 0) is 49.6 Å². The number of halogens is 1. The van der Waals surface area contributed by atoms with Crippen molar-refractivity contribution in [2.24, 2.45) is 0 Å². The molecule has 178 valence electrons. The minimum absolute atomic E-state index is 0.211. The number of ether oxygens (including phenoxy) is 1. The van der Waals surface area contributed by atoms with Crippen LogP contribution in [0.2, 0.25) is 5.02 Å². The van der Waals surface area contributed by atoms with Gasteiger partial charge in [-0.2, -0.15) is 0 Å². The molecule has 34 heavy (non-hydrogen) atoms. The van der Waals surface area contributed by atoms with Gasteiger partial charge in [-0.3, -0.25) is 19.1 Å². The molecule has 0 bridgehead atoms. The van der Waals surface area contributed by atoms with Crippen molar-refractivity contribution in [3.8, 4) is 11.4 Å². The van der Waals surface area contributed by atoms with E-state index in [4.69, 9.17) is 16.3 Å². The molecule has 4 heterocycles. The van der Waals surface area contributed by atoms with Crippen LogP contribution in [-0.4, -0.2) is 39.7 Å². The summed E-state index contributed by atoms with van der Waals surface area (Å²) in [6.07, 6.45) is 9.31. The molecule has 1 aliphatic carbocycles. The normalized spacial score (nSPS) is 18.5. The van der Waals surface area contributed by atoms with E-state index in [0.717, 1.165) is 25.3 Å². The Kier molecular flexibility index (Phi) is 6.69. The molecule has 8 nitrogen and oxygen atoms in total. The number of aromatic amines is 1. The third kappa shape index (κ3) is 5.18. The Hall–Kier alpha value is -3.10. The maximum absolute atomic E-state index is 12.8. The summed E-state index contributed by atoms with van der Waals surface area (Å²) in [5.74, 6) is 1.19. The van der Waals surface area contributed by atoms with Crippen LogP contribution >= 0.6 is 11.6 Å². The van der Waals surface area contributed by atoms with Crippen LogP contribution in [0.5, 0.6) is 5.75 Å². The summed E-state index contributed by atoms with van der Waals surface area (Å²) in [6, 6.07) is 11.2. The van der Waals surface area contributed by atoms with E-state index in [9.17, 15) is 9.59 Å². The van der Waals surface area contributed by atoms with Gasteiger partial charge in [-0.1, -0.05) is 24.4 Å². The van der Waals surface area contributed by atoms with E-state index in [1.54, 1.807) is 36.7 Å². The van der Waals surface area contributed by atoms with Gasteiger partial charge in [-0.25, -0.2) is 0 Å². The maximum atomic E-state index is 12.8. The first-order valence-electron chi connectivity index (χ1n) is 11.8. The molecule has 0 aromatic carbocycles. The van der Waals surface area contributed by atoms with Crippen LogP contribution in [0, 0.1) is 0 Å². The monoisotopic (exact) mass is 481 g/mol. The number of nitrogens with zero attached hydrogens (tertiary/aromatic N) is 3. The van der Waals surface area contributed by atoms with E-state index < -0.39 is 0 Å². The van der Waals surface area contributed by atoms with Gasteiger partial charge >= 0.3 is 0 Å². The van der Waals surface area contributed by atoms with Gasteiger partial charge in [-0.15, -0.1) is 0 Å². The molecule has 1 saturated carbocycles. The van der Waals surface area contributed by atoms with Crippen molar-refractivity contribution in [3.05, 3.63) is 80.2 Å². The smallest absolute Gasteiger partial charge is 0.273 e. The molecule has 1 saturated heterocycles. The maximum Gasteiger partial charge on any atom is 0.273 e. The lowest BCUT2D eigenvalue weighted by Gasteiger charge is -2.21. The molecule has 0 amide bonds. The summed E-state index contributed by atoms with van der Waals surface area (Å²) >= 11 is 5.84. The quantitative estimate of drug-likeness (QED) is 0.538. The lowest BCUT2D eigenvalue weighted by atomic mass is 10.2. The Bertz CT molecular complexity index is 1250. The molecular weight excluding hydrogens is 454 g/mol. The number of hydrogen-bond acceptors (Lipinski definition) is 6. The zero-order chi connectivity index (χ0) is 23.5. The molecule has 1 aliphatic heterocycles. The van der Waals surface area contributed by atoms with E-state index in [2.05, 4.69) is 20.2 Å². The van der Waals surface area contributed by atoms with Crippen molar-refractivity contribution in [1.29, 1.82) is 0 Å². The summed E-state index contributed by atoms with van der Waals surface area (Å²) in [7, 11) is 0. The van der Waals surface area contributed by atoms with Gasteiger partial charge in [0.25, 0.3) is 11.1 Å². The molecule has 5 rings (SSSR count). The molecule has 1 unspecified atom stereocenters. The highest BCUT2D eigenvalue weighted by Crippen LogP contribution is 2.22. The summed E-state index contributed by atoms with van der Waals surface area (Å²) in [5.41, 5.74) is 0.329. The van der Waals surface area contributed by atoms with Crippen LogP contribution in [-0.2, 0) is 6.61 Å². The average molecular weight is 482 g/mol. The van der Waals surface area contributed by atoms with Crippen molar-refractivity contribution in [2.45, 2.75) is 50.8 Å². The fourth-order valence-corrected chi connectivity index (χ4v) is 4.88. The third-order valence-corrected chi connectivity index (χ3v) is 6.78.